The van der Waals surface area contributed by atoms with Crippen LogP contribution in [0.1, 0.15) is 22.3 Å². The Labute approximate surface area is 176 Å². The molecule has 6 nitrogen and oxygen atoms in total. The fraction of sp³-hybridized carbons (Fsp3) is 0. The van der Waals surface area contributed by atoms with Gasteiger partial charge >= 0.3 is 0 Å². The molecule has 3 aromatic rings. The molecule has 148 valence electrons. The van der Waals surface area contributed by atoms with Gasteiger partial charge in [0, 0.05) is 15.6 Å². The van der Waals surface area contributed by atoms with Gasteiger partial charge in [-0.05, 0) is 29.3 Å². The molecule has 0 spiro atoms. The van der Waals surface area contributed by atoms with Gasteiger partial charge in [0.1, 0.15) is 0 Å². The molecule has 0 saturated carbocycles. The highest BCUT2D eigenvalue weighted by atomic mass is 79.9. The Kier molecular flexibility index (Phi) is 7.08. The molecule has 3 aromatic carbocycles. The third-order valence-electron chi connectivity index (χ3n) is 4.27. The largest absolute Gasteiger partial charge is 0.595 e. The van der Waals surface area contributed by atoms with Crippen molar-refractivity contribution in [3.05, 3.63) is 105 Å². The fourth-order valence-electron chi connectivity index (χ4n) is 2.83. The molecule has 2 atom stereocenters. The van der Waals surface area contributed by atoms with Gasteiger partial charge in [0.2, 0.25) is 0 Å². The van der Waals surface area contributed by atoms with Crippen molar-refractivity contribution in [3.8, 4) is 0 Å². The summed E-state index contributed by atoms with van der Waals surface area (Å²) < 4.78 is 0.696. The Bertz CT molecular complexity index is 1020. The number of quaternary nitrogens is 2. The highest BCUT2D eigenvalue weighted by molar-refractivity contribution is 9.15. The Hall–Kier alpha value is -2.62. The van der Waals surface area contributed by atoms with Crippen LogP contribution in [0.4, 0.5) is 11.4 Å². The van der Waals surface area contributed by atoms with Crippen LogP contribution in [0.2, 0.25) is 0 Å². The van der Waals surface area contributed by atoms with Gasteiger partial charge in [-0.2, -0.15) is 10.5 Å². The Morgan fingerprint density at radius 2 is 1.31 bits per heavy atom. The Balaban J connectivity index is 2.10. The summed E-state index contributed by atoms with van der Waals surface area (Å²) in [6, 6.07) is 21.7. The molecule has 29 heavy (non-hydrogen) atoms. The zero-order valence-electron chi connectivity index (χ0n) is 15.2. The van der Waals surface area contributed by atoms with Gasteiger partial charge in [-0.1, -0.05) is 82.7 Å². The fourth-order valence-corrected chi connectivity index (χ4v) is 3.34. The van der Waals surface area contributed by atoms with Crippen molar-refractivity contribution in [2.45, 2.75) is 0 Å². The SMILES string of the molecule is [O-][NH+](O)c1cc([NH+]([O-])O)c(C=C(Br)c2ccccc2)cc1C=Cc1ccccc1. The molecule has 0 aliphatic carbocycles. The first-order valence-corrected chi connectivity index (χ1v) is 9.55. The third kappa shape index (κ3) is 5.47. The average Bonchev–Trinajstić information content (AvgIpc) is 2.73. The summed E-state index contributed by atoms with van der Waals surface area (Å²) in [4.78, 5) is 0. The predicted molar refractivity (Wildman–Crippen MR) is 117 cm³/mol. The van der Waals surface area contributed by atoms with Crippen LogP contribution in [-0.2, 0) is 0 Å². The van der Waals surface area contributed by atoms with Gasteiger partial charge in [0.25, 0.3) is 0 Å². The quantitative estimate of drug-likeness (QED) is 0.338. The van der Waals surface area contributed by atoms with Crippen molar-refractivity contribution in [2.75, 3.05) is 0 Å². The first-order valence-electron chi connectivity index (χ1n) is 8.76. The minimum atomic E-state index is -1.19. The number of rotatable bonds is 6. The topological polar surface area (TPSA) is 95.5 Å². The van der Waals surface area contributed by atoms with Gasteiger partial charge in [-0.25, -0.2) is 10.4 Å². The molecule has 0 aliphatic rings. The second-order valence-corrected chi connectivity index (χ2v) is 7.09. The molecule has 0 saturated heterocycles. The number of benzene rings is 3. The van der Waals surface area contributed by atoms with Gasteiger partial charge < -0.3 is 10.4 Å². The number of hydrogen-bond acceptors (Lipinski definition) is 4. The molecular formula is C22H19BrN2O4. The van der Waals surface area contributed by atoms with E-state index >= 15 is 0 Å². The van der Waals surface area contributed by atoms with E-state index in [-0.39, 0.29) is 11.4 Å². The van der Waals surface area contributed by atoms with E-state index in [4.69, 9.17) is 0 Å². The maximum absolute atomic E-state index is 11.7. The molecule has 0 amide bonds. The van der Waals surface area contributed by atoms with Crippen molar-refractivity contribution >= 4 is 50.0 Å². The van der Waals surface area contributed by atoms with Gasteiger partial charge in [0.15, 0.2) is 11.4 Å². The molecular weight excluding hydrogens is 436 g/mol. The summed E-state index contributed by atoms with van der Waals surface area (Å²) >= 11 is 3.49. The average molecular weight is 455 g/mol. The molecule has 0 aromatic heterocycles. The lowest BCUT2D eigenvalue weighted by molar-refractivity contribution is -0.996. The Morgan fingerprint density at radius 1 is 0.759 bits per heavy atom. The van der Waals surface area contributed by atoms with Crippen LogP contribution in [0.5, 0.6) is 0 Å². The van der Waals surface area contributed by atoms with E-state index in [2.05, 4.69) is 15.9 Å². The lowest BCUT2D eigenvalue weighted by Crippen LogP contribution is -3.01. The van der Waals surface area contributed by atoms with Crippen molar-refractivity contribution in [2.24, 2.45) is 0 Å². The van der Waals surface area contributed by atoms with Gasteiger partial charge in [-0.15, -0.1) is 0 Å². The lowest BCUT2D eigenvalue weighted by atomic mass is 10.0. The van der Waals surface area contributed by atoms with E-state index in [1.807, 2.05) is 60.7 Å². The second-order valence-electron chi connectivity index (χ2n) is 6.24. The zero-order valence-corrected chi connectivity index (χ0v) is 16.8. The highest BCUT2D eigenvalue weighted by Gasteiger charge is 2.17. The van der Waals surface area contributed by atoms with Crippen molar-refractivity contribution in [1.29, 1.82) is 0 Å². The summed E-state index contributed by atoms with van der Waals surface area (Å²) in [5, 5.41) is 40.3. The zero-order chi connectivity index (χ0) is 20.8. The van der Waals surface area contributed by atoms with E-state index in [0.29, 0.717) is 15.6 Å². The number of hydrogen-bond donors (Lipinski definition) is 4. The normalized spacial score (nSPS) is 14.2. The second kappa shape index (κ2) is 9.73. The van der Waals surface area contributed by atoms with Gasteiger partial charge in [0.05, 0.1) is 6.07 Å². The summed E-state index contributed by atoms with van der Waals surface area (Å²) in [7, 11) is 0. The standard InChI is InChI=1S/C22H19BrN2O4/c23-20(17-9-5-2-6-10-17)14-19-13-18(12-11-16-7-3-1-4-8-16)21(24(26)27)15-22(19)25(28)29/h1-15,24-26,28H. The highest BCUT2D eigenvalue weighted by Crippen LogP contribution is 2.29. The summed E-state index contributed by atoms with van der Waals surface area (Å²) in [5.41, 5.74) is 2.48. The van der Waals surface area contributed by atoms with Crippen molar-refractivity contribution in [3.63, 3.8) is 0 Å². The molecule has 0 heterocycles. The Morgan fingerprint density at radius 3 is 1.90 bits per heavy atom. The summed E-state index contributed by atoms with van der Waals surface area (Å²) in [6.45, 7) is 0. The van der Waals surface area contributed by atoms with Crippen molar-refractivity contribution < 1.29 is 20.9 Å². The van der Waals surface area contributed by atoms with E-state index in [1.54, 1.807) is 24.3 Å². The van der Waals surface area contributed by atoms with Crippen LogP contribution in [-0.4, -0.2) is 10.4 Å². The van der Waals surface area contributed by atoms with Crippen LogP contribution in [0.15, 0.2) is 72.8 Å². The first kappa shape index (κ1) is 21.1. The van der Waals surface area contributed by atoms with Crippen LogP contribution in [0.25, 0.3) is 22.7 Å². The van der Waals surface area contributed by atoms with Crippen LogP contribution in [0.3, 0.4) is 0 Å². The molecule has 0 bridgehead atoms. The van der Waals surface area contributed by atoms with Crippen LogP contribution < -0.4 is 10.5 Å². The summed E-state index contributed by atoms with van der Waals surface area (Å²) in [5.74, 6) is 0. The monoisotopic (exact) mass is 454 g/mol. The molecule has 2 unspecified atom stereocenters. The maximum atomic E-state index is 11.7. The van der Waals surface area contributed by atoms with Crippen LogP contribution in [0, 0.1) is 10.4 Å². The van der Waals surface area contributed by atoms with E-state index in [1.165, 1.54) is 6.07 Å². The molecule has 0 fully saturated rings. The van der Waals surface area contributed by atoms with E-state index in [0.717, 1.165) is 11.1 Å². The smallest absolute Gasteiger partial charge is 0.177 e. The number of nitrogens with one attached hydrogen (secondary N) is 2. The molecule has 0 aliphatic heterocycles. The lowest BCUT2D eigenvalue weighted by Gasteiger charge is -2.19. The van der Waals surface area contributed by atoms with E-state index in [9.17, 15) is 20.8 Å². The molecule has 0 radical (unpaired) electrons. The predicted octanol–water partition coefficient (Wildman–Crippen LogP) is 3.56. The van der Waals surface area contributed by atoms with Gasteiger partial charge in [-0.3, -0.25) is 0 Å². The minimum absolute atomic E-state index is 0.0671. The minimum Gasteiger partial charge on any atom is -0.595 e. The van der Waals surface area contributed by atoms with Crippen molar-refractivity contribution in [1.82, 2.24) is 0 Å². The molecule has 3 rings (SSSR count). The van der Waals surface area contributed by atoms with Crippen LogP contribution >= 0.6 is 15.9 Å². The molecule has 4 N–H and O–H groups in total. The van der Waals surface area contributed by atoms with E-state index < -0.39 is 10.5 Å². The molecule has 7 heteroatoms. The summed E-state index contributed by atoms with van der Waals surface area (Å²) in [6.07, 6.45) is 5.16. The maximum Gasteiger partial charge on any atom is 0.177 e. The first-order chi connectivity index (χ1) is 14.0. The third-order valence-corrected chi connectivity index (χ3v) is 4.96. The number of halogens is 1.